The number of carbonyl (C=O) groups excluding carboxylic acids is 1. The van der Waals surface area contributed by atoms with E-state index < -0.39 is 0 Å². The molecule has 2 aromatic carbocycles. The van der Waals surface area contributed by atoms with Gasteiger partial charge in [-0.3, -0.25) is 9.48 Å². The van der Waals surface area contributed by atoms with Crippen LogP contribution in [0.4, 0.5) is 0 Å². The van der Waals surface area contributed by atoms with Gasteiger partial charge in [0, 0.05) is 44.9 Å². The molecule has 1 amide bonds. The lowest BCUT2D eigenvalue weighted by Gasteiger charge is -2.24. The minimum Gasteiger partial charge on any atom is -0.491 e. The van der Waals surface area contributed by atoms with E-state index in [9.17, 15) is 4.79 Å². The third-order valence-electron chi connectivity index (χ3n) is 5.41. The van der Waals surface area contributed by atoms with Crippen molar-refractivity contribution in [3.05, 3.63) is 83.7 Å². The molecule has 6 nitrogen and oxygen atoms in total. The van der Waals surface area contributed by atoms with Gasteiger partial charge >= 0.3 is 0 Å². The van der Waals surface area contributed by atoms with E-state index in [1.54, 1.807) is 6.20 Å². The molecule has 0 fully saturated rings. The summed E-state index contributed by atoms with van der Waals surface area (Å²) in [6, 6.07) is 18.5. The van der Waals surface area contributed by atoms with Crippen LogP contribution >= 0.6 is 0 Å². The Bertz CT molecular complexity index is 972. The van der Waals surface area contributed by atoms with Gasteiger partial charge in [0.15, 0.2) is 0 Å². The summed E-state index contributed by atoms with van der Waals surface area (Å²) in [6.45, 7) is 3.40. The van der Waals surface area contributed by atoms with Crippen molar-refractivity contribution < 1.29 is 14.3 Å². The molecular weight excluding hydrogens is 390 g/mol. The van der Waals surface area contributed by atoms with Crippen LogP contribution in [-0.4, -0.2) is 47.0 Å². The van der Waals surface area contributed by atoms with Crippen molar-refractivity contribution in [2.45, 2.75) is 32.4 Å². The number of hydrogen-bond donors (Lipinski definition) is 0. The molecule has 0 saturated carbocycles. The lowest BCUT2D eigenvalue weighted by molar-refractivity contribution is -0.132. The Morgan fingerprint density at radius 2 is 1.90 bits per heavy atom. The average Bonchev–Trinajstić information content (AvgIpc) is 3.29. The van der Waals surface area contributed by atoms with Crippen LogP contribution in [0.2, 0.25) is 0 Å². The van der Waals surface area contributed by atoms with Gasteiger partial charge in [-0.15, -0.1) is 0 Å². The Hall–Kier alpha value is -3.12. The van der Waals surface area contributed by atoms with E-state index >= 15 is 0 Å². The smallest absolute Gasteiger partial charge is 0.223 e. The quantitative estimate of drug-likeness (QED) is 0.647. The summed E-state index contributed by atoms with van der Waals surface area (Å²) in [5.41, 5.74) is 3.50. The zero-order chi connectivity index (χ0) is 21.3. The molecule has 0 N–H and O–H groups in total. The van der Waals surface area contributed by atoms with E-state index in [4.69, 9.17) is 9.47 Å². The van der Waals surface area contributed by atoms with Crippen molar-refractivity contribution in [1.82, 2.24) is 14.7 Å². The summed E-state index contributed by atoms with van der Waals surface area (Å²) in [6.07, 6.45) is 5.74. The minimum absolute atomic E-state index is 0.148. The molecule has 31 heavy (non-hydrogen) atoms. The van der Waals surface area contributed by atoms with Crippen molar-refractivity contribution in [2.24, 2.45) is 0 Å². The number of rotatable bonds is 4. The number of para-hydroxylation sites is 1. The summed E-state index contributed by atoms with van der Waals surface area (Å²) in [5, 5.41) is 4.20. The average molecular weight is 420 g/mol. The van der Waals surface area contributed by atoms with Gasteiger partial charge in [0.05, 0.1) is 13.2 Å². The van der Waals surface area contributed by atoms with E-state index in [2.05, 4.69) is 35.4 Å². The second-order valence-corrected chi connectivity index (χ2v) is 7.75. The second kappa shape index (κ2) is 10.8. The molecule has 0 aliphatic carbocycles. The fourth-order valence-electron chi connectivity index (χ4n) is 3.83. The summed E-state index contributed by atoms with van der Waals surface area (Å²) >= 11 is 0. The lowest BCUT2D eigenvalue weighted by Crippen LogP contribution is -2.34. The van der Waals surface area contributed by atoms with Crippen LogP contribution in [0.15, 0.2) is 67.0 Å². The Morgan fingerprint density at radius 1 is 1.00 bits per heavy atom. The molecule has 1 aromatic heterocycles. The standard InChI is InChI=1S/C25H29N3O3/c29-25(10-4-12-28-13-5-11-26-28)27-14-15-30-16-17-31-24-9-2-1-8-23(24)19-21-6-3-7-22(18-21)20-27/h1-3,5-9,11,13,18H,4,10,12,14-17,19-20H2. The highest BCUT2D eigenvalue weighted by atomic mass is 16.5. The fourth-order valence-corrected chi connectivity index (χ4v) is 3.83. The monoisotopic (exact) mass is 419 g/mol. The van der Waals surface area contributed by atoms with Gasteiger partial charge in [-0.25, -0.2) is 0 Å². The van der Waals surface area contributed by atoms with Gasteiger partial charge < -0.3 is 14.4 Å². The summed E-state index contributed by atoms with van der Waals surface area (Å²) in [7, 11) is 0. The first-order chi connectivity index (χ1) is 15.3. The maximum atomic E-state index is 12.9. The first-order valence-electron chi connectivity index (χ1n) is 10.9. The zero-order valence-electron chi connectivity index (χ0n) is 17.8. The van der Waals surface area contributed by atoms with E-state index in [1.807, 2.05) is 40.0 Å². The number of hydrogen-bond acceptors (Lipinski definition) is 4. The predicted molar refractivity (Wildman–Crippen MR) is 119 cm³/mol. The topological polar surface area (TPSA) is 56.6 Å². The fraction of sp³-hybridized carbons (Fsp3) is 0.360. The molecule has 1 aliphatic heterocycles. The van der Waals surface area contributed by atoms with Crippen molar-refractivity contribution in [2.75, 3.05) is 26.4 Å². The van der Waals surface area contributed by atoms with Crippen LogP contribution in [-0.2, 0) is 29.0 Å². The van der Waals surface area contributed by atoms with Gasteiger partial charge in [0.1, 0.15) is 12.4 Å². The molecule has 0 atom stereocenters. The molecule has 3 aromatic rings. The van der Waals surface area contributed by atoms with Gasteiger partial charge in [-0.1, -0.05) is 42.5 Å². The molecule has 162 valence electrons. The molecule has 0 saturated heterocycles. The Labute approximate surface area is 183 Å². The van der Waals surface area contributed by atoms with E-state index in [1.165, 1.54) is 5.56 Å². The maximum absolute atomic E-state index is 12.9. The van der Waals surface area contributed by atoms with Gasteiger partial charge in [0.2, 0.25) is 5.91 Å². The normalized spacial score (nSPS) is 14.9. The van der Waals surface area contributed by atoms with Crippen molar-refractivity contribution >= 4 is 5.91 Å². The summed E-state index contributed by atoms with van der Waals surface area (Å²) in [4.78, 5) is 14.8. The number of aryl methyl sites for hydroxylation is 1. The largest absolute Gasteiger partial charge is 0.491 e. The minimum atomic E-state index is 0.148. The molecule has 0 unspecified atom stereocenters. The van der Waals surface area contributed by atoms with Crippen LogP contribution in [0.3, 0.4) is 0 Å². The molecule has 0 spiro atoms. The summed E-state index contributed by atoms with van der Waals surface area (Å²) < 4.78 is 13.6. The molecule has 2 bridgehead atoms. The van der Waals surface area contributed by atoms with Gasteiger partial charge in [-0.05, 0) is 35.2 Å². The van der Waals surface area contributed by atoms with Gasteiger partial charge in [0.25, 0.3) is 0 Å². The number of amides is 1. The number of carbonyl (C=O) groups is 1. The number of nitrogens with zero attached hydrogens (tertiary/aromatic N) is 3. The summed E-state index contributed by atoms with van der Waals surface area (Å²) in [5.74, 6) is 1.05. The van der Waals surface area contributed by atoms with Crippen LogP contribution < -0.4 is 4.74 Å². The SMILES string of the molecule is O=C(CCCn1cccn1)N1CCOCCOc2ccccc2Cc2cccc(c2)C1. The van der Waals surface area contributed by atoms with E-state index in [0.717, 1.165) is 36.3 Å². The lowest BCUT2D eigenvalue weighted by atomic mass is 10.0. The van der Waals surface area contributed by atoms with Crippen LogP contribution in [0, 0.1) is 0 Å². The van der Waals surface area contributed by atoms with Crippen molar-refractivity contribution in [3.63, 3.8) is 0 Å². The highest BCUT2D eigenvalue weighted by Crippen LogP contribution is 2.22. The van der Waals surface area contributed by atoms with Crippen molar-refractivity contribution in [3.8, 4) is 5.75 Å². The van der Waals surface area contributed by atoms with Crippen LogP contribution in [0.25, 0.3) is 0 Å². The van der Waals surface area contributed by atoms with E-state index in [-0.39, 0.29) is 5.91 Å². The molecule has 4 rings (SSSR count). The number of ether oxygens (including phenoxy) is 2. The third-order valence-corrected chi connectivity index (χ3v) is 5.41. The van der Waals surface area contributed by atoms with Crippen LogP contribution in [0.1, 0.15) is 29.5 Å². The number of aromatic nitrogens is 2. The number of benzene rings is 2. The predicted octanol–water partition coefficient (Wildman–Crippen LogP) is 3.69. The Morgan fingerprint density at radius 3 is 2.81 bits per heavy atom. The first-order valence-corrected chi connectivity index (χ1v) is 10.9. The van der Waals surface area contributed by atoms with Crippen LogP contribution in [0.5, 0.6) is 5.75 Å². The molecule has 1 aliphatic rings. The van der Waals surface area contributed by atoms with Crippen molar-refractivity contribution in [1.29, 1.82) is 0 Å². The molecule has 6 heteroatoms. The Kier molecular flexibility index (Phi) is 7.34. The first kappa shape index (κ1) is 21.1. The van der Waals surface area contributed by atoms with E-state index in [0.29, 0.717) is 39.3 Å². The Balaban J connectivity index is 1.46. The molecule has 2 heterocycles. The number of fused-ring (bicyclic) bond motifs is 3. The second-order valence-electron chi connectivity index (χ2n) is 7.75. The van der Waals surface area contributed by atoms with Gasteiger partial charge in [-0.2, -0.15) is 5.10 Å². The molecular formula is C25H29N3O3. The maximum Gasteiger partial charge on any atom is 0.223 e. The zero-order valence-corrected chi connectivity index (χ0v) is 17.8. The highest BCUT2D eigenvalue weighted by molar-refractivity contribution is 5.76. The highest BCUT2D eigenvalue weighted by Gasteiger charge is 2.15. The molecule has 0 radical (unpaired) electrons. The third kappa shape index (κ3) is 6.18.